The monoisotopic (exact) mass is 833 g/mol. The first-order valence-electron chi connectivity index (χ1n) is 23.6. The van der Waals surface area contributed by atoms with E-state index < -0.39 is 0 Å². The second-order valence-electron chi connectivity index (χ2n) is 17.5. The molecule has 1 aliphatic carbocycles. The molecule has 1 aliphatic rings. The normalized spacial score (nSPS) is 11.6. The SMILES string of the molecule is C/C=C\c1c(CC)cccc1-c1ccc(C)cc1.CCCC.CCCC.Cc1ccc(-c2ccc(C)c(-c3ccccc3C)c2)cc1.Cc1ccc2c(c1)C(C)(C)c1ccccc1-2. The van der Waals surface area contributed by atoms with Crippen LogP contribution in [0.5, 0.6) is 0 Å². The third kappa shape index (κ3) is 13.4. The zero-order chi connectivity index (χ0) is 45.9. The summed E-state index contributed by atoms with van der Waals surface area (Å²) in [4.78, 5) is 0. The van der Waals surface area contributed by atoms with Crippen molar-refractivity contribution >= 4 is 6.08 Å². The van der Waals surface area contributed by atoms with E-state index in [1.807, 2.05) is 0 Å². The van der Waals surface area contributed by atoms with Gasteiger partial charge in [0, 0.05) is 5.41 Å². The molecule has 0 aromatic heterocycles. The maximum absolute atomic E-state index is 2.33. The Balaban J connectivity index is 0.000000192. The van der Waals surface area contributed by atoms with E-state index in [9.17, 15) is 0 Å². The molecule has 0 spiro atoms. The van der Waals surface area contributed by atoms with Gasteiger partial charge >= 0.3 is 0 Å². The molecular weight excluding hydrogens is 757 g/mol. The molecule has 8 rings (SSSR count). The maximum Gasteiger partial charge on any atom is 0.0158 e. The molecule has 0 fully saturated rings. The van der Waals surface area contributed by atoms with Crippen molar-refractivity contribution in [3.05, 3.63) is 208 Å². The summed E-state index contributed by atoms with van der Waals surface area (Å²) in [7, 11) is 0. The van der Waals surface area contributed by atoms with Gasteiger partial charge in [-0.3, -0.25) is 0 Å². The average Bonchev–Trinajstić information content (AvgIpc) is 3.53. The van der Waals surface area contributed by atoms with Crippen molar-refractivity contribution in [2.45, 2.75) is 128 Å². The van der Waals surface area contributed by atoms with E-state index >= 15 is 0 Å². The van der Waals surface area contributed by atoms with Crippen LogP contribution < -0.4 is 0 Å². The Bertz CT molecular complexity index is 2480. The summed E-state index contributed by atoms with van der Waals surface area (Å²) in [6.07, 6.45) is 10.7. The van der Waals surface area contributed by atoms with Gasteiger partial charge in [-0.15, -0.1) is 0 Å². The fraction of sp³-hybridized carbons (Fsp3) is 0.302. The first kappa shape index (κ1) is 49.9. The van der Waals surface area contributed by atoms with Crippen LogP contribution in [0.4, 0.5) is 0 Å². The summed E-state index contributed by atoms with van der Waals surface area (Å²) in [5.41, 5.74) is 23.1. The second kappa shape index (κ2) is 24.8. The highest BCUT2D eigenvalue weighted by Gasteiger charge is 2.34. The number of unbranched alkanes of at least 4 members (excludes halogenated alkanes) is 2. The second-order valence-corrected chi connectivity index (χ2v) is 17.5. The molecule has 0 unspecified atom stereocenters. The van der Waals surface area contributed by atoms with Crippen molar-refractivity contribution in [3.8, 4) is 44.5 Å². The van der Waals surface area contributed by atoms with Gasteiger partial charge in [-0.25, -0.2) is 0 Å². The van der Waals surface area contributed by atoms with E-state index in [1.54, 1.807) is 0 Å². The summed E-state index contributed by atoms with van der Waals surface area (Å²) in [6, 6.07) is 54.9. The van der Waals surface area contributed by atoms with Crippen LogP contribution in [0.15, 0.2) is 158 Å². The van der Waals surface area contributed by atoms with E-state index in [0.29, 0.717) is 0 Å². The van der Waals surface area contributed by atoms with Crippen molar-refractivity contribution in [2.24, 2.45) is 0 Å². The predicted octanol–water partition coefficient (Wildman–Crippen LogP) is 19.1. The zero-order valence-electron chi connectivity index (χ0n) is 41.1. The minimum atomic E-state index is 0.151. The smallest absolute Gasteiger partial charge is 0.0158 e. The van der Waals surface area contributed by atoms with Gasteiger partial charge in [-0.2, -0.15) is 0 Å². The molecule has 0 bridgehead atoms. The van der Waals surface area contributed by atoms with Gasteiger partial charge in [0.2, 0.25) is 0 Å². The number of rotatable bonds is 7. The van der Waals surface area contributed by atoms with Crippen LogP contribution in [-0.4, -0.2) is 0 Å². The highest BCUT2D eigenvalue weighted by molar-refractivity contribution is 5.81. The minimum Gasteiger partial charge on any atom is -0.0870 e. The molecule has 0 saturated carbocycles. The molecule has 0 saturated heterocycles. The number of hydrogen-bond donors (Lipinski definition) is 0. The molecule has 0 amide bonds. The standard InChI is InChI=1S/C21H20.C18H20.C16H16.2C4H10/c1-15-8-11-18(12-9-15)19-13-10-17(3)21(14-19)20-7-5-4-6-16(20)2;1-4-7-17-15(5-2)8-6-9-18(17)16-12-10-14(3)11-13-16;1-11-8-9-13-12-6-4-5-7-14(12)16(2,3)15(13)10-11;2*1-3-4-2/h4-14H,1-3H3;4,6-13H,5H2,1-3H3;4-10H,1-3H3;2*3-4H2,1-2H3/b;7-4-;;;. The quantitative estimate of drug-likeness (QED) is 0.150. The highest BCUT2D eigenvalue weighted by atomic mass is 14.4. The lowest BCUT2D eigenvalue weighted by atomic mass is 9.82. The van der Waals surface area contributed by atoms with Gasteiger partial charge in [0.1, 0.15) is 0 Å². The highest BCUT2D eigenvalue weighted by Crippen LogP contribution is 2.48. The number of fused-ring (bicyclic) bond motifs is 3. The largest absolute Gasteiger partial charge is 0.0870 e. The number of hydrogen-bond acceptors (Lipinski definition) is 0. The van der Waals surface area contributed by atoms with E-state index in [4.69, 9.17) is 0 Å². The van der Waals surface area contributed by atoms with Gasteiger partial charge < -0.3 is 0 Å². The molecule has 0 radical (unpaired) electrons. The first-order chi connectivity index (χ1) is 30.3. The average molecular weight is 833 g/mol. The molecule has 63 heavy (non-hydrogen) atoms. The molecule has 0 heteroatoms. The third-order valence-electron chi connectivity index (χ3n) is 12.1. The van der Waals surface area contributed by atoms with Gasteiger partial charge in [0.25, 0.3) is 0 Å². The molecule has 0 aliphatic heterocycles. The Morgan fingerprint density at radius 2 is 0.889 bits per heavy atom. The summed E-state index contributed by atoms with van der Waals surface area (Å²) >= 11 is 0. The maximum atomic E-state index is 2.33. The lowest BCUT2D eigenvalue weighted by Crippen LogP contribution is -2.14. The fourth-order valence-corrected chi connectivity index (χ4v) is 7.80. The van der Waals surface area contributed by atoms with Crippen molar-refractivity contribution in [1.82, 2.24) is 0 Å². The summed E-state index contributed by atoms with van der Waals surface area (Å²) in [5.74, 6) is 0. The van der Waals surface area contributed by atoms with E-state index in [1.165, 1.54) is 120 Å². The lowest BCUT2D eigenvalue weighted by Gasteiger charge is -2.21. The first-order valence-corrected chi connectivity index (χ1v) is 23.6. The van der Waals surface area contributed by atoms with Crippen LogP contribution in [0.2, 0.25) is 0 Å². The van der Waals surface area contributed by atoms with Crippen molar-refractivity contribution < 1.29 is 0 Å². The Morgan fingerprint density at radius 3 is 1.46 bits per heavy atom. The number of allylic oxidation sites excluding steroid dienone is 1. The van der Waals surface area contributed by atoms with Crippen LogP contribution in [-0.2, 0) is 11.8 Å². The zero-order valence-corrected chi connectivity index (χ0v) is 41.1. The molecule has 0 heterocycles. The summed E-state index contributed by atoms with van der Waals surface area (Å²) < 4.78 is 0. The van der Waals surface area contributed by atoms with E-state index in [2.05, 4.69) is 254 Å². The molecule has 0 atom stereocenters. The Labute approximate surface area is 384 Å². The Morgan fingerprint density at radius 1 is 0.397 bits per heavy atom. The summed E-state index contributed by atoms with van der Waals surface area (Å²) in [6.45, 7) is 28.4. The molecular formula is C63H76. The van der Waals surface area contributed by atoms with Crippen LogP contribution in [0.25, 0.3) is 50.6 Å². The van der Waals surface area contributed by atoms with Gasteiger partial charge in [-0.1, -0.05) is 249 Å². The van der Waals surface area contributed by atoms with Crippen LogP contribution in [0, 0.1) is 34.6 Å². The molecule has 7 aromatic rings. The van der Waals surface area contributed by atoms with Gasteiger partial charge in [0.05, 0.1) is 0 Å². The molecule has 328 valence electrons. The van der Waals surface area contributed by atoms with Crippen LogP contribution >= 0.6 is 0 Å². The van der Waals surface area contributed by atoms with Crippen molar-refractivity contribution in [2.75, 3.05) is 0 Å². The summed E-state index contributed by atoms with van der Waals surface area (Å²) in [5, 5.41) is 0. The van der Waals surface area contributed by atoms with Gasteiger partial charge in [0.15, 0.2) is 0 Å². The number of benzene rings is 7. The Kier molecular flexibility index (Phi) is 19.7. The predicted molar refractivity (Wildman–Crippen MR) is 282 cm³/mol. The topological polar surface area (TPSA) is 0 Å². The van der Waals surface area contributed by atoms with Crippen molar-refractivity contribution in [1.29, 1.82) is 0 Å². The van der Waals surface area contributed by atoms with Crippen LogP contribution in [0.1, 0.15) is 131 Å². The van der Waals surface area contributed by atoms with Gasteiger partial charge in [-0.05, 0) is 132 Å². The lowest BCUT2D eigenvalue weighted by molar-refractivity contribution is 0.660. The van der Waals surface area contributed by atoms with E-state index in [-0.39, 0.29) is 5.41 Å². The molecule has 7 aromatic carbocycles. The number of aryl methyl sites for hydroxylation is 6. The fourth-order valence-electron chi connectivity index (χ4n) is 7.80. The van der Waals surface area contributed by atoms with Crippen molar-refractivity contribution in [3.63, 3.8) is 0 Å². The third-order valence-corrected chi connectivity index (χ3v) is 12.1. The van der Waals surface area contributed by atoms with Crippen LogP contribution in [0.3, 0.4) is 0 Å². The molecule has 0 N–H and O–H groups in total. The minimum absolute atomic E-state index is 0.151. The Hall–Kier alpha value is -5.72. The van der Waals surface area contributed by atoms with E-state index in [0.717, 1.165) is 6.42 Å². The molecule has 0 nitrogen and oxygen atoms in total.